The number of unbranched alkanes of at least 4 members (excludes halogenated alkanes) is 3. The van der Waals surface area contributed by atoms with Crippen LogP contribution in [0, 0.1) is 5.82 Å². The van der Waals surface area contributed by atoms with Gasteiger partial charge < -0.3 is 5.73 Å². The van der Waals surface area contributed by atoms with Crippen LogP contribution in [0.4, 0.5) is 4.39 Å². The van der Waals surface area contributed by atoms with Crippen molar-refractivity contribution in [3.05, 3.63) is 47.3 Å². The van der Waals surface area contributed by atoms with Gasteiger partial charge in [0.05, 0.1) is 0 Å². The molecule has 0 bridgehead atoms. The zero-order valence-corrected chi connectivity index (χ0v) is 11.4. The molecule has 0 heterocycles. The summed E-state index contributed by atoms with van der Waals surface area (Å²) in [4.78, 5) is 0. The van der Waals surface area contributed by atoms with Gasteiger partial charge in [-0.25, -0.2) is 4.39 Å². The Bertz CT molecular complexity index is 359. The molecule has 18 heavy (non-hydrogen) atoms. The summed E-state index contributed by atoms with van der Waals surface area (Å²) in [7, 11) is 0. The van der Waals surface area contributed by atoms with Gasteiger partial charge in [0.2, 0.25) is 0 Å². The largest absolute Gasteiger partial charge is 0.327 e. The molecule has 0 saturated heterocycles. The summed E-state index contributed by atoms with van der Waals surface area (Å²) >= 11 is 5.97. The van der Waals surface area contributed by atoms with Crippen molar-refractivity contribution in [3.63, 3.8) is 0 Å². The first-order chi connectivity index (χ1) is 8.65. The van der Waals surface area contributed by atoms with Crippen LogP contribution in [0.25, 0.3) is 0 Å². The predicted octanol–water partition coefficient (Wildman–Crippen LogP) is 4.49. The van der Waals surface area contributed by atoms with E-state index in [1.807, 2.05) is 6.08 Å². The van der Waals surface area contributed by atoms with Crippen molar-refractivity contribution in [2.75, 3.05) is 0 Å². The minimum atomic E-state index is -0.260. The Kier molecular flexibility index (Phi) is 6.99. The van der Waals surface area contributed by atoms with Gasteiger partial charge in [0.15, 0.2) is 0 Å². The van der Waals surface area contributed by atoms with Gasteiger partial charge in [-0.2, -0.15) is 0 Å². The molecule has 100 valence electrons. The van der Waals surface area contributed by atoms with Crippen molar-refractivity contribution in [3.8, 4) is 0 Å². The Morgan fingerprint density at radius 1 is 1.33 bits per heavy atom. The maximum Gasteiger partial charge on any atom is 0.127 e. The molecule has 0 spiro atoms. The van der Waals surface area contributed by atoms with Crippen molar-refractivity contribution in [2.45, 2.75) is 44.6 Å². The Morgan fingerprint density at radius 2 is 2.11 bits per heavy atom. The number of nitrogens with two attached hydrogens (primary N) is 1. The van der Waals surface area contributed by atoms with Crippen molar-refractivity contribution in [1.82, 2.24) is 0 Å². The Morgan fingerprint density at radius 3 is 2.78 bits per heavy atom. The van der Waals surface area contributed by atoms with Crippen LogP contribution in [0.3, 0.4) is 0 Å². The van der Waals surface area contributed by atoms with Crippen LogP contribution in [0.5, 0.6) is 0 Å². The van der Waals surface area contributed by atoms with E-state index in [9.17, 15) is 4.39 Å². The van der Waals surface area contributed by atoms with Crippen LogP contribution in [0.15, 0.2) is 30.9 Å². The molecule has 0 radical (unpaired) electrons. The molecule has 0 aliphatic rings. The second kappa shape index (κ2) is 8.28. The predicted molar refractivity (Wildman–Crippen MR) is 76.4 cm³/mol. The van der Waals surface area contributed by atoms with Crippen molar-refractivity contribution in [2.24, 2.45) is 5.73 Å². The number of hydrogen-bond acceptors (Lipinski definition) is 1. The minimum Gasteiger partial charge on any atom is -0.327 e. The normalized spacial score (nSPS) is 12.4. The van der Waals surface area contributed by atoms with Crippen LogP contribution in [-0.2, 0) is 6.42 Å². The molecule has 1 unspecified atom stereocenters. The van der Waals surface area contributed by atoms with Gasteiger partial charge >= 0.3 is 0 Å². The second-order valence-corrected chi connectivity index (χ2v) is 5.00. The molecule has 0 saturated carbocycles. The van der Waals surface area contributed by atoms with Gasteiger partial charge in [0.1, 0.15) is 5.82 Å². The van der Waals surface area contributed by atoms with E-state index in [1.54, 1.807) is 12.1 Å². The van der Waals surface area contributed by atoms with E-state index < -0.39 is 0 Å². The van der Waals surface area contributed by atoms with Crippen LogP contribution in [0.1, 0.15) is 37.7 Å². The lowest BCUT2D eigenvalue weighted by atomic mass is 10.0. The Balaban J connectivity index is 2.35. The summed E-state index contributed by atoms with van der Waals surface area (Å²) in [6.07, 6.45) is 7.75. The molecule has 3 heteroatoms. The molecule has 0 aliphatic heterocycles. The van der Waals surface area contributed by atoms with Crippen LogP contribution in [-0.4, -0.2) is 6.04 Å². The Labute approximate surface area is 114 Å². The average Bonchev–Trinajstić information content (AvgIpc) is 2.34. The van der Waals surface area contributed by atoms with Gasteiger partial charge in [0.25, 0.3) is 0 Å². The van der Waals surface area contributed by atoms with E-state index in [4.69, 9.17) is 17.3 Å². The number of hydrogen-bond donors (Lipinski definition) is 1. The highest BCUT2D eigenvalue weighted by molar-refractivity contribution is 6.31. The molecule has 1 nitrogen and oxygen atoms in total. The zero-order chi connectivity index (χ0) is 13.4. The van der Waals surface area contributed by atoms with Gasteiger partial charge in [-0.1, -0.05) is 36.6 Å². The monoisotopic (exact) mass is 269 g/mol. The fraction of sp³-hybridized carbons (Fsp3) is 0.467. The molecule has 0 aromatic heterocycles. The van der Waals surface area contributed by atoms with Gasteiger partial charge in [0, 0.05) is 16.6 Å². The highest BCUT2D eigenvalue weighted by Crippen LogP contribution is 2.21. The number of benzene rings is 1. The number of allylic oxidation sites excluding steroid dienone is 1. The lowest BCUT2D eigenvalue weighted by Crippen LogP contribution is -2.23. The first-order valence-corrected chi connectivity index (χ1v) is 6.82. The van der Waals surface area contributed by atoms with E-state index in [0.717, 1.165) is 32.1 Å². The molecule has 1 aromatic rings. The zero-order valence-electron chi connectivity index (χ0n) is 10.7. The highest BCUT2D eigenvalue weighted by atomic mass is 35.5. The van der Waals surface area contributed by atoms with E-state index in [2.05, 4.69) is 6.58 Å². The fourth-order valence-corrected chi connectivity index (χ4v) is 2.20. The first kappa shape index (κ1) is 15.2. The van der Waals surface area contributed by atoms with Crippen LogP contribution >= 0.6 is 11.6 Å². The maximum absolute atomic E-state index is 13.5. The van der Waals surface area contributed by atoms with E-state index in [-0.39, 0.29) is 11.9 Å². The van der Waals surface area contributed by atoms with E-state index in [1.165, 1.54) is 6.07 Å². The van der Waals surface area contributed by atoms with Crippen molar-refractivity contribution in [1.29, 1.82) is 0 Å². The summed E-state index contributed by atoms with van der Waals surface area (Å²) in [5.41, 5.74) is 6.55. The number of rotatable bonds is 8. The summed E-state index contributed by atoms with van der Waals surface area (Å²) in [5.74, 6) is -0.260. The molecule has 0 amide bonds. The molecule has 1 atom stereocenters. The van der Waals surface area contributed by atoms with Gasteiger partial charge in [-0.15, -0.1) is 6.58 Å². The third-order valence-electron chi connectivity index (χ3n) is 3.01. The quantitative estimate of drug-likeness (QED) is 0.546. The van der Waals surface area contributed by atoms with Crippen molar-refractivity contribution < 1.29 is 4.39 Å². The summed E-state index contributed by atoms with van der Waals surface area (Å²) < 4.78 is 13.5. The highest BCUT2D eigenvalue weighted by Gasteiger charge is 2.11. The lowest BCUT2D eigenvalue weighted by molar-refractivity contribution is 0.533. The van der Waals surface area contributed by atoms with Crippen LogP contribution in [0.2, 0.25) is 5.02 Å². The molecule has 0 fully saturated rings. The maximum atomic E-state index is 13.5. The topological polar surface area (TPSA) is 26.0 Å². The SMILES string of the molecule is C=CCCCCCC(N)Cc1c(F)cccc1Cl. The molecule has 2 N–H and O–H groups in total. The van der Waals surface area contributed by atoms with Gasteiger partial charge in [-0.3, -0.25) is 0 Å². The van der Waals surface area contributed by atoms with Crippen LogP contribution < -0.4 is 5.73 Å². The Hall–Kier alpha value is -0.860. The first-order valence-electron chi connectivity index (χ1n) is 6.44. The van der Waals surface area contributed by atoms with Gasteiger partial charge in [-0.05, 0) is 37.8 Å². The smallest absolute Gasteiger partial charge is 0.127 e. The van der Waals surface area contributed by atoms with E-state index in [0.29, 0.717) is 17.0 Å². The molecule has 1 aromatic carbocycles. The van der Waals surface area contributed by atoms with E-state index >= 15 is 0 Å². The summed E-state index contributed by atoms with van der Waals surface area (Å²) in [5, 5.41) is 0.470. The third-order valence-corrected chi connectivity index (χ3v) is 3.37. The minimum absolute atomic E-state index is 0.0249. The molecule has 1 rings (SSSR count). The average molecular weight is 270 g/mol. The molecular formula is C15H21ClFN. The molecular weight excluding hydrogens is 249 g/mol. The standard InChI is InChI=1S/C15H21ClFN/c1-2-3-4-5-6-8-12(18)11-13-14(16)9-7-10-15(13)17/h2,7,9-10,12H,1,3-6,8,11,18H2. The summed E-state index contributed by atoms with van der Waals surface area (Å²) in [6.45, 7) is 3.69. The lowest BCUT2D eigenvalue weighted by Gasteiger charge is -2.13. The number of halogens is 2. The van der Waals surface area contributed by atoms with Crippen molar-refractivity contribution >= 4 is 11.6 Å². The summed E-state index contributed by atoms with van der Waals surface area (Å²) in [6, 6.07) is 4.72. The fourth-order valence-electron chi connectivity index (χ4n) is 1.96. The second-order valence-electron chi connectivity index (χ2n) is 4.59. The third kappa shape index (κ3) is 5.19. The molecule has 0 aliphatic carbocycles.